The zero-order chi connectivity index (χ0) is 50.7. The predicted molar refractivity (Wildman–Crippen MR) is 311 cm³/mol. The van der Waals surface area contributed by atoms with E-state index in [0.29, 0.717) is 23.2 Å². The molecule has 1 aliphatic heterocycles. The first-order valence-electron chi connectivity index (χ1n) is 26.5. The Bertz CT molecular complexity index is 3980. The van der Waals surface area contributed by atoms with Crippen molar-refractivity contribution >= 4 is 68.2 Å². The van der Waals surface area contributed by atoms with Crippen molar-refractivity contribution in [2.24, 2.45) is 5.92 Å². The summed E-state index contributed by atoms with van der Waals surface area (Å²) < 4.78 is 13.8. The minimum atomic E-state index is -0.852. The summed E-state index contributed by atoms with van der Waals surface area (Å²) in [6, 6.07) is 59.6. The average Bonchev–Trinajstić information content (AvgIpc) is 4.24. The summed E-state index contributed by atoms with van der Waals surface area (Å²) in [6.07, 6.45) is 19.3. The van der Waals surface area contributed by atoms with E-state index in [2.05, 4.69) is 238 Å². The van der Waals surface area contributed by atoms with Gasteiger partial charge in [0.1, 0.15) is 17.4 Å². The number of nitrogen functional groups attached to an aromatic ring is 2. The standard InChI is InChI=1S/C69H58N4O2/c1-41(2)43-25-31-47(32-26-43)72(61-19-11-16-53-51-13-6-9-21-63(51)74-67(53)61)49-35-29-45-23-24-46-30-36-50(40-59(46)69(58(45)39-49)56-18-8-5-15-55(56)65-57(69)37-38-60(70)66(65)71)73(48-33-27-44(28-34-48)42(3)4)62-20-12-17-54-52-14-7-10-22-64(52)75-68(54)62/h5-33,35-42,48,54,68H,34,70-71H2,1-4H3. The van der Waals surface area contributed by atoms with Crippen LogP contribution in [0, 0.1) is 5.92 Å². The zero-order valence-electron chi connectivity index (χ0n) is 42.7. The van der Waals surface area contributed by atoms with Gasteiger partial charge in [-0.15, -0.1) is 0 Å². The van der Waals surface area contributed by atoms with Crippen molar-refractivity contribution < 1.29 is 9.15 Å². The van der Waals surface area contributed by atoms with Gasteiger partial charge in [0, 0.05) is 44.9 Å². The molecule has 2 heterocycles. The molecular weight excluding hydrogens is 917 g/mol. The highest BCUT2D eigenvalue weighted by atomic mass is 16.5. The van der Waals surface area contributed by atoms with E-state index in [9.17, 15) is 0 Å². The van der Waals surface area contributed by atoms with E-state index in [0.717, 1.165) is 107 Å². The van der Waals surface area contributed by atoms with Gasteiger partial charge in [0.25, 0.3) is 0 Å². The molecule has 9 aromatic rings. The number of para-hydroxylation sites is 3. The van der Waals surface area contributed by atoms with E-state index in [-0.39, 0.29) is 18.1 Å². The molecule has 8 aromatic carbocycles. The minimum absolute atomic E-state index is 0.0302. The van der Waals surface area contributed by atoms with Crippen LogP contribution < -0.4 is 26.0 Å². The van der Waals surface area contributed by atoms with Crippen LogP contribution in [0.1, 0.15) is 90.5 Å². The summed E-state index contributed by atoms with van der Waals surface area (Å²) in [5, 5.41) is 2.16. The highest BCUT2D eigenvalue weighted by Crippen LogP contribution is 2.62. The van der Waals surface area contributed by atoms with Crippen LogP contribution in [0.4, 0.5) is 34.1 Å². The molecule has 0 fully saturated rings. The first-order valence-corrected chi connectivity index (χ1v) is 26.5. The van der Waals surface area contributed by atoms with Gasteiger partial charge in [-0.2, -0.15) is 0 Å². The first-order chi connectivity index (χ1) is 36.7. The van der Waals surface area contributed by atoms with Crippen LogP contribution in [0.5, 0.6) is 5.75 Å². The highest BCUT2D eigenvalue weighted by molar-refractivity contribution is 6.10. The normalized spacial score (nSPS) is 19.5. The van der Waals surface area contributed by atoms with Gasteiger partial charge in [-0.1, -0.05) is 173 Å². The van der Waals surface area contributed by atoms with Gasteiger partial charge in [-0.05, 0) is 135 Å². The number of rotatable bonds is 8. The maximum absolute atomic E-state index is 7.25. The summed E-state index contributed by atoms with van der Waals surface area (Å²) >= 11 is 0. The van der Waals surface area contributed by atoms with E-state index in [4.69, 9.17) is 20.6 Å². The van der Waals surface area contributed by atoms with Crippen molar-refractivity contribution in [3.8, 4) is 16.9 Å². The van der Waals surface area contributed by atoms with Crippen LogP contribution in [0.25, 0.3) is 45.2 Å². The molecular formula is C69H58N4O2. The number of nitrogens with two attached hydrogens (primary N) is 2. The SMILES string of the molecule is CC(C)C1=CCC(N(C2=CC=CC3c4ccccc4OC23)c2ccc3c(c2)C2(c4cc(N(c5ccc(C(C)C)cc5)c5cccc6c5oc5ccccc56)ccc4C=C3)c3ccccc3-c3c2ccc(N)c3N)C=C1. The summed E-state index contributed by atoms with van der Waals surface area (Å²) in [5.41, 5.74) is 34.0. The summed E-state index contributed by atoms with van der Waals surface area (Å²) in [6.45, 7) is 9.04. The van der Waals surface area contributed by atoms with E-state index in [1.165, 1.54) is 16.7 Å². The molecule has 1 aromatic heterocycles. The van der Waals surface area contributed by atoms with Crippen LogP contribution in [-0.2, 0) is 5.41 Å². The van der Waals surface area contributed by atoms with Gasteiger partial charge in [0.05, 0.1) is 34.2 Å². The van der Waals surface area contributed by atoms with E-state index < -0.39 is 5.41 Å². The third-order valence-corrected chi connectivity index (χ3v) is 16.7. The maximum Gasteiger partial charge on any atom is 0.159 e. The predicted octanol–water partition coefficient (Wildman–Crippen LogP) is 16.9. The Hall–Kier alpha value is -8.74. The number of nitrogens with zero attached hydrogens (tertiary/aromatic N) is 2. The smallest absolute Gasteiger partial charge is 0.159 e. The Morgan fingerprint density at radius 3 is 2.12 bits per heavy atom. The van der Waals surface area contributed by atoms with E-state index in [1.54, 1.807) is 0 Å². The Morgan fingerprint density at radius 2 is 1.33 bits per heavy atom. The Kier molecular flexibility index (Phi) is 10.3. The van der Waals surface area contributed by atoms with Crippen molar-refractivity contribution in [1.82, 2.24) is 0 Å². The van der Waals surface area contributed by atoms with E-state index >= 15 is 0 Å². The lowest BCUT2D eigenvalue weighted by molar-refractivity contribution is 0.250. The van der Waals surface area contributed by atoms with Crippen LogP contribution in [0.15, 0.2) is 216 Å². The highest BCUT2D eigenvalue weighted by Gasteiger charge is 2.50. The van der Waals surface area contributed by atoms with Gasteiger partial charge in [0.2, 0.25) is 0 Å². The summed E-state index contributed by atoms with van der Waals surface area (Å²) in [7, 11) is 0. The number of furan rings is 1. The lowest BCUT2D eigenvalue weighted by Crippen LogP contribution is -2.41. The molecule has 4 N–H and O–H groups in total. The lowest BCUT2D eigenvalue weighted by Gasteiger charge is -2.41. The maximum atomic E-state index is 7.25. The molecule has 0 radical (unpaired) electrons. The second-order valence-corrected chi connectivity index (χ2v) is 21.5. The molecule has 0 saturated carbocycles. The number of anilines is 6. The van der Waals surface area contributed by atoms with Crippen LogP contribution in [-0.4, -0.2) is 12.1 Å². The van der Waals surface area contributed by atoms with Crippen LogP contribution in [0.3, 0.4) is 0 Å². The molecule has 4 aliphatic carbocycles. The number of hydrogen-bond donors (Lipinski definition) is 2. The van der Waals surface area contributed by atoms with Crippen molar-refractivity contribution in [1.29, 1.82) is 0 Å². The quantitative estimate of drug-likeness (QED) is 0.148. The van der Waals surface area contributed by atoms with Gasteiger partial charge in [0.15, 0.2) is 5.58 Å². The molecule has 0 saturated heterocycles. The molecule has 1 spiro atoms. The Morgan fingerprint density at radius 1 is 0.613 bits per heavy atom. The second kappa shape index (κ2) is 17.2. The first kappa shape index (κ1) is 44.9. The topological polar surface area (TPSA) is 80.9 Å². The van der Waals surface area contributed by atoms with E-state index in [1.807, 2.05) is 12.1 Å². The lowest BCUT2D eigenvalue weighted by atomic mass is 9.65. The van der Waals surface area contributed by atoms with Gasteiger partial charge >= 0.3 is 0 Å². The number of allylic oxidation sites excluding steroid dienone is 4. The van der Waals surface area contributed by atoms with Crippen molar-refractivity contribution in [2.45, 2.75) is 63.5 Å². The molecule has 14 rings (SSSR count). The Balaban J connectivity index is 1.03. The van der Waals surface area contributed by atoms with Gasteiger partial charge < -0.3 is 30.4 Å². The molecule has 0 amide bonds. The molecule has 5 aliphatic rings. The molecule has 366 valence electrons. The monoisotopic (exact) mass is 974 g/mol. The minimum Gasteiger partial charge on any atom is -0.483 e. The van der Waals surface area contributed by atoms with Crippen LogP contribution in [0.2, 0.25) is 0 Å². The fourth-order valence-corrected chi connectivity index (χ4v) is 13.0. The summed E-state index contributed by atoms with van der Waals surface area (Å²) in [5.74, 6) is 1.85. The Labute approximate surface area is 438 Å². The van der Waals surface area contributed by atoms with Crippen molar-refractivity contribution in [3.63, 3.8) is 0 Å². The third kappa shape index (κ3) is 6.78. The molecule has 0 bridgehead atoms. The second-order valence-electron chi connectivity index (χ2n) is 21.5. The number of hydrogen-bond acceptors (Lipinski definition) is 6. The zero-order valence-corrected chi connectivity index (χ0v) is 42.7. The molecule has 6 nitrogen and oxygen atoms in total. The summed E-state index contributed by atoms with van der Waals surface area (Å²) in [4.78, 5) is 4.94. The number of ether oxygens (including phenoxy) is 1. The largest absolute Gasteiger partial charge is 0.483 e. The average molecular weight is 975 g/mol. The number of benzene rings is 8. The molecule has 4 atom stereocenters. The molecule has 4 unspecified atom stereocenters. The number of fused-ring (bicyclic) bond motifs is 15. The van der Waals surface area contributed by atoms with Crippen molar-refractivity contribution in [3.05, 3.63) is 256 Å². The third-order valence-electron chi connectivity index (χ3n) is 16.7. The van der Waals surface area contributed by atoms with Gasteiger partial charge in [-0.3, -0.25) is 0 Å². The van der Waals surface area contributed by atoms with Crippen LogP contribution >= 0.6 is 0 Å². The fraction of sp³-hybridized carbons (Fsp3) is 0.159. The molecule has 75 heavy (non-hydrogen) atoms. The molecule has 6 heteroatoms. The van der Waals surface area contributed by atoms with Crippen molar-refractivity contribution in [2.75, 3.05) is 21.3 Å². The fourth-order valence-electron chi connectivity index (χ4n) is 13.0. The van der Waals surface area contributed by atoms with Gasteiger partial charge in [-0.25, -0.2) is 0 Å².